The van der Waals surface area contributed by atoms with E-state index < -0.39 is 0 Å². The van der Waals surface area contributed by atoms with Crippen LogP contribution in [-0.2, 0) is 6.61 Å². The first-order chi connectivity index (χ1) is 8.69. The first-order valence-corrected chi connectivity index (χ1v) is 6.79. The van der Waals surface area contributed by atoms with Crippen molar-refractivity contribution < 1.29 is 14.6 Å². The minimum atomic E-state index is -0.0607. The van der Waals surface area contributed by atoms with Gasteiger partial charge >= 0.3 is 0 Å². The van der Waals surface area contributed by atoms with Gasteiger partial charge in [0, 0.05) is 10.0 Å². The minimum absolute atomic E-state index is 0.0607. The number of hydrogen-bond donors (Lipinski definition) is 1. The van der Waals surface area contributed by atoms with E-state index in [4.69, 9.17) is 9.47 Å². The second kappa shape index (κ2) is 5.69. The van der Waals surface area contributed by atoms with Gasteiger partial charge in [0.15, 0.2) is 0 Å². The fourth-order valence-corrected chi connectivity index (χ4v) is 2.84. The molecular weight excluding hydrogens is 318 g/mol. The first-order valence-electron chi connectivity index (χ1n) is 5.18. The van der Waals surface area contributed by atoms with Gasteiger partial charge in [-0.2, -0.15) is 0 Å². The molecule has 1 aromatic heterocycles. The largest absolute Gasteiger partial charge is 0.497 e. The van der Waals surface area contributed by atoms with Gasteiger partial charge in [0.05, 0.1) is 31.4 Å². The molecule has 0 bridgehead atoms. The van der Waals surface area contributed by atoms with E-state index >= 15 is 0 Å². The van der Waals surface area contributed by atoms with Crippen LogP contribution in [0.25, 0.3) is 11.3 Å². The van der Waals surface area contributed by atoms with Gasteiger partial charge in [0.25, 0.3) is 5.19 Å². The summed E-state index contributed by atoms with van der Waals surface area (Å²) in [7, 11) is 3.18. The Morgan fingerprint density at radius 2 is 2.11 bits per heavy atom. The van der Waals surface area contributed by atoms with Crippen molar-refractivity contribution in [3.63, 3.8) is 0 Å². The molecular formula is C12H12BrNO3S. The summed E-state index contributed by atoms with van der Waals surface area (Å²) in [5, 5.41) is 9.89. The molecule has 0 aliphatic carbocycles. The molecule has 0 spiro atoms. The molecule has 0 aliphatic rings. The summed E-state index contributed by atoms with van der Waals surface area (Å²) in [6, 6.07) is 5.62. The zero-order valence-electron chi connectivity index (χ0n) is 9.94. The Hall–Kier alpha value is -1.11. The number of hydrogen-bond acceptors (Lipinski definition) is 5. The Kier molecular flexibility index (Phi) is 4.21. The number of halogens is 1. The Balaban J connectivity index is 2.50. The molecule has 4 nitrogen and oxygen atoms in total. The Labute approximate surface area is 117 Å². The van der Waals surface area contributed by atoms with Gasteiger partial charge in [-0.3, -0.25) is 0 Å². The van der Waals surface area contributed by atoms with Crippen LogP contribution in [-0.4, -0.2) is 24.3 Å². The number of nitrogens with zero attached hydrogens (tertiary/aromatic N) is 1. The zero-order valence-corrected chi connectivity index (χ0v) is 12.3. The lowest BCUT2D eigenvalue weighted by Crippen LogP contribution is -1.89. The summed E-state index contributed by atoms with van der Waals surface area (Å²) in [6.07, 6.45) is 0. The quantitative estimate of drug-likeness (QED) is 0.936. The maximum absolute atomic E-state index is 9.36. The minimum Gasteiger partial charge on any atom is -0.497 e. The lowest BCUT2D eigenvalue weighted by atomic mass is 10.1. The van der Waals surface area contributed by atoms with E-state index in [9.17, 15) is 5.11 Å². The molecule has 1 N–H and O–H groups in total. The number of thiazole rings is 1. The second-order valence-corrected chi connectivity index (χ2v) is 5.36. The van der Waals surface area contributed by atoms with Crippen LogP contribution in [0.15, 0.2) is 22.7 Å². The highest BCUT2D eigenvalue weighted by Gasteiger charge is 2.15. The van der Waals surface area contributed by atoms with Crippen LogP contribution in [0.2, 0.25) is 0 Å². The summed E-state index contributed by atoms with van der Waals surface area (Å²) < 4.78 is 11.1. The maximum atomic E-state index is 9.36. The summed E-state index contributed by atoms with van der Waals surface area (Å²) >= 11 is 4.82. The summed E-state index contributed by atoms with van der Waals surface area (Å²) in [5.74, 6) is 0.762. The van der Waals surface area contributed by atoms with E-state index in [1.165, 1.54) is 11.3 Å². The number of aromatic nitrogens is 1. The molecule has 18 heavy (non-hydrogen) atoms. The van der Waals surface area contributed by atoms with Crippen LogP contribution in [0.1, 0.15) is 4.88 Å². The Morgan fingerprint density at radius 3 is 2.67 bits per heavy atom. The number of aliphatic hydroxyl groups is 1. The molecule has 0 amide bonds. The van der Waals surface area contributed by atoms with Gasteiger partial charge in [0.2, 0.25) is 0 Å². The number of aliphatic hydroxyl groups excluding tert-OH is 1. The number of rotatable bonds is 4. The molecule has 0 atom stereocenters. The predicted octanol–water partition coefficient (Wildman–Crippen LogP) is 3.08. The number of benzene rings is 1. The highest BCUT2D eigenvalue weighted by atomic mass is 79.9. The average Bonchev–Trinajstić information content (AvgIpc) is 2.81. The molecule has 0 saturated heterocycles. The third-order valence-electron chi connectivity index (χ3n) is 2.43. The van der Waals surface area contributed by atoms with E-state index in [-0.39, 0.29) is 6.61 Å². The summed E-state index contributed by atoms with van der Waals surface area (Å²) in [6.45, 7) is -0.0607. The van der Waals surface area contributed by atoms with Crippen LogP contribution in [0.5, 0.6) is 10.9 Å². The fraction of sp³-hybridized carbons (Fsp3) is 0.250. The molecule has 0 aliphatic heterocycles. The van der Waals surface area contributed by atoms with Crippen molar-refractivity contribution in [3.8, 4) is 22.2 Å². The van der Waals surface area contributed by atoms with Gasteiger partial charge in [-0.25, -0.2) is 4.98 Å². The number of ether oxygens (including phenoxy) is 2. The van der Waals surface area contributed by atoms with Crippen LogP contribution >= 0.6 is 27.3 Å². The first kappa shape index (κ1) is 13.3. The highest BCUT2D eigenvalue weighted by molar-refractivity contribution is 9.10. The van der Waals surface area contributed by atoms with Crippen LogP contribution in [0.4, 0.5) is 0 Å². The van der Waals surface area contributed by atoms with Crippen molar-refractivity contribution in [3.05, 3.63) is 27.5 Å². The third-order valence-corrected chi connectivity index (χ3v) is 4.08. The smallest absolute Gasteiger partial charge is 0.273 e. The summed E-state index contributed by atoms with van der Waals surface area (Å²) in [4.78, 5) is 5.13. The molecule has 0 radical (unpaired) electrons. The molecule has 1 aromatic carbocycles. The van der Waals surface area contributed by atoms with Crippen molar-refractivity contribution in [2.45, 2.75) is 6.61 Å². The second-order valence-electron chi connectivity index (χ2n) is 3.46. The molecule has 6 heteroatoms. The lowest BCUT2D eigenvalue weighted by Gasteiger charge is -2.05. The van der Waals surface area contributed by atoms with E-state index in [0.717, 1.165) is 26.4 Å². The topological polar surface area (TPSA) is 51.6 Å². The molecule has 2 rings (SSSR count). The van der Waals surface area contributed by atoms with Gasteiger partial charge < -0.3 is 14.6 Å². The molecule has 0 saturated carbocycles. The molecule has 0 fully saturated rings. The Bertz CT molecular complexity index is 556. The molecule has 1 heterocycles. The Morgan fingerprint density at radius 1 is 1.33 bits per heavy atom. The van der Waals surface area contributed by atoms with Crippen LogP contribution in [0, 0.1) is 0 Å². The highest BCUT2D eigenvalue weighted by Crippen LogP contribution is 2.37. The van der Waals surface area contributed by atoms with Crippen molar-refractivity contribution >= 4 is 27.3 Å². The van der Waals surface area contributed by atoms with Gasteiger partial charge in [-0.05, 0) is 34.1 Å². The SMILES string of the molecule is COc1ccc(-c2nc(OC)sc2CO)c(Br)c1. The maximum Gasteiger partial charge on any atom is 0.273 e. The monoisotopic (exact) mass is 329 g/mol. The predicted molar refractivity (Wildman–Crippen MR) is 74.3 cm³/mol. The third kappa shape index (κ3) is 2.50. The van der Waals surface area contributed by atoms with Gasteiger partial charge in [-0.1, -0.05) is 11.3 Å². The van der Waals surface area contributed by atoms with Gasteiger partial charge in [-0.15, -0.1) is 0 Å². The van der Waals surface area contributed by atoms with E-state index in [2.05, 4.69) is 20.9 Å². The normalized spacial score (nSPS) is 10.4. The standard InChI is InChI=1S/C12H12BrNO3S/c1-16-7-3-4-8(9(13)5-7)11-10(6-15)18-12(14-11)17-2/h3-5,15H,6H2,1-2H3. The van der Waals surface area contributed by atoms with E-state index in [1.54, 1.807) is 14.2 Å². The van der Waals surface area contributed by atoms with Crippen molar-refractivity contribution in [2.24, 2.45) is 0 Å². The molecule has 96 valence electrons. The van der Waals surface area contributed by atoms with Crippen LogP contribution in [0.3, 0.4) is 0 Å². The van der Waals surface area contributed by atoms with E-state index in [1.807, 2.05) is 18.2 Å². The van der Waals surface area contributed by atoms with Crippen LogP contribution < -0.4 is 9.47 Å². The fourth-order valence-electron chi connectivity index (χ4n) is 1.55. The molecule has 2 aromatic rings. The van der Waals surface area contributed by atoms with Gasteiger partial charge in [0.1, 0.15) is 5.75 Å². The lowest BCUT2D eigenvalue weighted by molar-refractivity contribution is 0.286. The number of methoxy groups -OCH3 is 2. The molecule has 0 unspecified atom stereocenters. The van der Waals surface area contributed by atoms with Crippen molar-refractivity contribution in [1.82, 2.24) is 4.98 Å². The van der Waals surface area contributed by atoms with Crippen molar-refractivity contribution in [1.29, 1.82) is 0 Å². The zero-order chi connectivity index (χ0) is 13.1. The van der Waals surface area contributed by atoms with Crippen molar-refractivity contribution in [2.75, 3.05) is 14.2 Å². The van der Waals surface area contributed by atoms with E-state index in [0.29, 0.717) is 5.19 Å². The summed E-state index contributed by atoms with van der Waals surface area (Å²) in [5.41, 5.74) is 1.63. The average molecular weight is 330 g/mol.